The molecule has 2 aromatic carbocycles. The molecule has 1 atom stereocenters. The Labute approximate surface area is 150 Å². The Hall–Kier alpha value is -3.34. The Morgan fingerprint density at radius 1 is 1.04 bits per heavy atom. The molecule has 4 nitrogen and oxygen atoms in total. The van der Waals surface area contributed by atoms with Crippen molar-refractivity contribution in [2.45, 2.75) is 12.5 Å². The number of hydrogen-bond acceptors (Lipinski definition) is 3. The first kappa shape index (κ1) is 17.5. The highest BCUT2D eigenvalue weighted by atomic mass is 19.1. The fourth-order valence-corrected chi connectivity index (χ4v) is 2.67. The van der Waals surface area contributed by atoms with E-state index in [9.17, 15) is 14.0 Å². The summed E-state index contributed by atoms with van der Waals surface area (Å²) in [5, 5.41) is 2.57. The van der Waals surface area contributed by atoms with E-state index < -0.39 is 17.8 Å². The second-order valence-electron chi connectivity index (χ2n) is 5.84. The fraction of sp³-hybridized carbons (Fsp3) is 0.0952. The van der Waals surface area contributed by atoms with Gasteiger partial charge in [-0.2, -0.15) is 0 Å². The highest BCUT2D eigenvalue weighted by molar-refractivity contribution is 5.96. The molecule has 0 radical (unpaired) electrons. The number of aromatic nitrogens is 1. The first-order chi connectivity index (χ1) is 12.7. The molecule has 5 heteroatoms. The number of nitrogens with zero attached hydrogens (tertiary/aromatic N) is 1. The Morgan fingerprint density at radius 2 is 1.77 bits per heavy atom. The molecule has 0 bridgehead atoms. The van der Waals surface area contributed by atoms with E-state index in [-0.39, 0.29) is 5.56 Å². The lowest BCUT2D eigenvalue weighted by molar-refractivity contribution is -0.109. The quantitative estimate of drug-likeness (QED) is 0.695. The molecule has 3 rings (SSSR count). The van der Waals surface area contributed by atoms with Crippen molar-refractivity contribution in [1.29, 1.82) is 0 Å². The number of amides is 1. The predicted octanol–water partition coefficient (Wildman–Crippen LogP) is 3.43. The summed E-state index contributed by atoms with van der Waals surface area (Å²) in [4.78, 5) is 27.6. The molecule has 0 fully saturated rings. The van der Waals surface area contributed by atoms with Crippen molar-refractivity contribution in [3.8, 4) is 11.1 Å². The molecular formula is C21H17FN2O2. The number of aldehydes is 1. The molecule has 0 saturated heterocycles. The van der Waals surface area contributed by atoms with Crippen LogP contribution in [0.5, 0.6) is 0 Å². The van der Waals surface area contributed by atoms with Crippen molar-refractivity contribution >= 4 is 12.2 Å². The number of pyridine rings is 1. The van der Waals surface area contributed by atoms with Crippen LogP contribution >= 0.6 is 0 Å². The monoisotopic (exact) mass is 348 g/mol. The van der Waals surface area contributed by atoms with E-state index in [4.69, 9.17) is 0 Å². The summed E-state index contributed by atoms with van der Waals surface area (Å²) in [6.45, 7) is 0. The third-order valence-electron chi connectivity index (χ3n) is 4.01. The molecule has 0 spiro atoms. The van der Waals surface area contributed by atoms with Crippen LogP contribution in [0.2, 0.25) is 0 Å². The van der Waals surface area contributed by atoms with Gasteiger partial charge in [-0.3, -0.25) is 9.78 Å². The van der Waals surface area contributed by atoms with Crippen LogP contribution in [-0.2, 0) is 11.2 Å². The lowest BCUT2D eigenvalue weighted by atomic mass is 10.0. The van der Waals surface area contributed by atoms with Gasteiger partial charge in [0.05, 0.1) is 11.6 Å². The normalized spacial score (nSPS) is 11.6. The SMILES string of the molecule is O=C[C@H](Cc1ccccc1)NC(=O)c1ccc(-c2ccncc2)cc1F. The molecular weight excluding hydrogens is 331 g/mol. The summed E-state index contributed by atoms with van der Waals surface area (Å²) in [6, 6.07) is 16.5. The molecule has 0 aliphatic carbocycles. The van der Waals surface area contributed by atoms with Gasteiger partial charge in [-0.05, 0) is 47.4 Å². The van der Waals surface area contributed by atoms with Gasteiger partial charge in [-0.1, -0.05) is 36.4 Å². The highest BCUT2D eigenvalue weighted by Gasteiger charge is 2.17. The van der Waals surface area contributed by atoms with Crippen molar-refractivity contribution in [3.63, 3.8) is 0 Å². The van der Waals surface area contributed by atoms with Crippen LogP contribution in [0.1, 0.15) is 15.9 Å². The maximum absolute atomic E-state index is 14.4. The molecule has 3 aromatic rings. The molecule has 1 N–H and O–H groups in total. The van der Waals surface area contributed by atoms with Gasteiger partial charge in [0, 0.05) is 12.4 Å². The van der Waals surface area contributed by atoms with Gasteiger partial charge in [-0.15, -0.1) is 0 Å². The largest absolute Gasteiger partial charge is 0.342 e. The van der Waals surface area contributed by atoms with E-state index in [1.807, 2.05) is 30.3 Å². The fourth-order valence-electron chi connectivity index (χ4n) is 2.67. The van der Waals surface area contributed by atoms with Gasteiger partial charge in [0.15, 0.2) is 0 Å². The molecule has 1 heterocycles. The number of carbonyl (C=O) groups is 2. The minimum absolute atomic E-state index is 0.0947. The Bertz CT molecular complexity index is 898. The Morgan fingerprint density at radius 3 is 2.42 bits per heavy atom. The zero-order chi connectivity index (χ0) is 18.4. The standard InChI is InChI=1S/C21H17FN2O2/c22-20-13-17(16-8-10-23-11-9-16)6-7-19(20)21(26)24-18(14-25)12-15-4-2-1-3-5-15/h1-11,13-14,18H,12H2,(H,24,26)/t18-/m0/s1. The van der Waals surface area contributed by atoms with Crippen LogP contribution in [-0.4, -0.2) is 23.2 Å². The van der Waals surface area contributed by atoms with Crippen LogP contribution in [0, 0.1) is 5.82 Å². The zero-order valence-corrected chi connectivity index (χ0v) is 13.9. The van der Waals surface area contributed by atoms with Crippen LogP contribution in [0.3, 0.4) is 0 Å². The maximum Gasteiger partial charge on any atom is 0.254 e. The summed E-state index contributed by atoms with van der Waals surface area (Å²) in [6.07, 6.45) is 4.25. The Kier molecular flexibility index (Phi) is 5.49. The minimum atomic E-state index is -0.718. The highest BCUT2D eigenvalue weighted by Crippen LogP contribution is 2.21. The molecule has 26 heavy (non-hydrogen) atoms. The molecule has 130 valence electrons. The summed E-state index contributed by atoms with van der Waals surface area (Å²) < 4.78 is 14.4. The smallest absolute Gasteiger partial charge is 0.254 e. The summed E-state index contributed by atoms with van der Waals surface area (Å²) in [5.74, 6) is -1.25. The summed E-state index contributed by atoms with van der Waals surface area (Å²) in [5.41, 5.74) is 2.28. The number of rotatable bonds is 6. The van der Waals surface area contributed by atoms with E-state index in [0.29, 0.717) is 18.3 Å². The zero-order valence-electron chi connectivity index (χ0n) is 13.9. The predicted molar refractivity (Wildman–Crippen MR) is 97.1 cm³/mol. The lowest BCUT2D eigenvalue weighted by Gasteiger charge is -2.14. The van der Waals surface area contributed by atoms with Crippen molar-refractivity contribution in [2.24, 2.45) is 0 Å². The van der Waals surface area contributed by atoms with E-state index in [2.05, 4.69) is 10.3 Å². The van der Waals surface area contributed by atoms with Gasteiger partial charge < -0.3 is 10.1 Å². The van der Waals surface area contributed by atoms with Crippen molar-refractivity contribution in [2.75, 3.05) is 0 Å². The average Bonchev–Trinajstić information content (AvgIpc) is 2.68. The van der Waals surface area contributed by atoms with E-state index in [1.54, 1.807) is 30.6 Å². The molecule has 0 saturated carbocycles. The van der Waals surface area contributed by atoms with Crippen molar-refractivity contribution in [1.82, 2.24) is 10.3 Å². The van der Waals surface area contributed by atoms with Crippen LogP contribution in [0.25, 0.3) is 11.1 Å². The molecule has 1 amide bonds. The molecule has 0 aliphatic heterocycles. The lowest BCUT2D eigenvalue weighted by Crippen LogP contribution is -2.38. The molecule has 0 unspecified atom stereocenters. The van der Waals surface area contributed by atoms with Crippen molar-refractivity contribution in [3.05, 3.63) is 90.0 Å². The van der Waals surface area contributed by atoms with E-state index >= 15 is 0 Å². The van der Waals surface area contributed by atoms with Gasteiger partial charge in [0.2, 0.25) is 0 Å². The third kappa shape index (κ3) is 4.19. The first-order valence-electron chi connectivity index (χ1n) is 8.17. The second-order valence-corrected chi connectivity index (χ2v) is 5.84. The second kappa shape index (κ2) is 8.16. The number of carbonyl (C=O) groups excluding carboxylic acids is 2. The van der Waals surface area contributed by atoms with Gasteiger partial charge in [-0.25, -0.2) is 4.39 Å². The molecule has 1 aromatic heterocycles. The van der Waals surface area contributed by atoms with E-state index in [1.165, 1.54) is 12.1 Å². The topological polar surface area (TPSA) is 59.1 Å². The van der Waals surface area contributed by atoms with Crippen LogP contribution in [0.15, 0.2) is 73.1 Å². The number of nitrogens with one attached hydrogen (secondary N) is 1. The Balaban J connectivity index is 1.74. The van der Waals surface area contributed by atoms with Crippen LogP contribution < -0.4 is 5.32 Å². The maximum atomic E-state index is 14.4. The molecule has 0 aliphatic rings. The average molecular weight is 348 g/mol. The number of hydrogen-bond donors (Lipinski definition) is 1. The third-order valence-corrected chi connectivity index (χ3v) is 4.01. The summed E-state index contributed by atoms with van der Waals surface area (Å²) >= 11 is 0. The first-order valence-corrected chi connectivity index (χ1v) is 8.17. The van der Waals surface area contributed by atoms with Gasteiger partial charge in [0.1, 0.15) is 12.1 Å². The minimum Gasteiger partial charge on any atom is -0.342 e. The van der Waals surface area contributed by atoms with Gasteiger partial charge in [0.25, 0.3) is 5.91 Å². The van der Waals surface area contributed by atoms with E-state index in [0.717, 1.165) is 11.1 Å². The summed E-state index contributed by atoms with van der Waals surface area (Å²) in [7, 11) is 0. The number of benzene rings is 2. The van der Waals surface area contributed by atoms with Crippen molar-refractivity contribution < 1.29 is 14.0 Å². The number of halogens is 1. The van der Waals surface area contributed by atoms with Crippen LogP contribution in [0.4, 0.5) is 4.39 Å². The van der Waals surface area contributed by atoms with Gasteiger partial charge >= 0.3 is 0 Å².